The van der Waals surface area contributed by atoms with Crippen molar-refractivity contribution in [3.05, 3.63) is 21.3 Å². The molecule has 1 aromatic rings. The second-order valence-corrected chi connectivity index (χ2v) is 4.68. The van der Waals surface area contributed by atoms with Gasteiger partial charge >= 0.3 is 5.97 Å². The van der Waals surface area contributed by atoms with E-state index in [1.807, 2.05) is 6.07 Å². The van der Waals surface area contributed by atoms with Gasteiger partial charge in [0, 0.05) is 11.3 Å². The zero-order valence-electron chi connectivity index (χ0n) is 7.83. The van der Waals surface area contributed by atoms with Crippen molar-refractivity contribution < 1.29 is 14.7 Å². The fraction of sp³-hybridized carbons (Fsp3) is 0.333. The number of hydrogen-bond donors (Lipinski definition) is 2. The first kappa shape index (κ1) is 12.0. The molecular weight excluding hydrogens is 238 g/mol. The van der Waals surface area contributed by atoms with Gasteiger partial charge in [-0.05, 0) is 18.6 Å². The van der Waals surface area contributed by atoms with Gasteiger partial charge in [-0.15, -0.1) is 11.3 Å². The molecule has 2 N–H and O–H groups in total. The number of amides is 1. The number of halogens is 1. The van der Waals surface area contributed by atoms with E-state index in [2.05, 4.69) is 5.32 Å². The SMILES string of the molecule is O=C(O)CNC(=O)CCc1ccc(Cl)s1. The summed E-state index contributed by atoms with van der Waals surface area (Å²) in [7, 11) is 0. The van der Waals surface area contributed by atoms with Crippen molar-refractivity contribution in [1.29, 1.82) is 0 Å². The average Bonchev–Trinajstić information content (AvgIpc) is 2.58. The average molecular weight is 248 g/mol. The van der Waals surface area contributed by atoms with E-state index in [-0.39, 0.29) is 18.9 Å². The van der Waals surface area contributed by atoms with Crippen LogP contribution in [0.4, 0.5) is 0 Å². The summed E-state index contributed by atoms with van der Waals surface area (Å²) in [6.07, 6.45) is 0.868. The third kappa shape index (κ3) is 4.80. The molecule has 0 saturated carbocycles. The smallest absolute Gasteiger partial charge is 0.322 e. The lowest BCUT2D eigenvalue weighted by atomic mass is 10.2. The van der Waals surface area contributed by atoms with E-state index in [1.165, 1.54) is 11.3 Å². The van der Waals surface area contributed by atoms with Crippen LogP contribution in [0.1, 0.15) is 11.3 Å². The minimum Gasteiger partial charge on any atom is -0.480 e. The molecule has 0 bridgehead atoms. The molecule has 1 amide bonds. The van der Waals surface area contributed by atoms with Crippen molar-refractivity contribution in [2.24, 2.45) is 0 Å². The van der Waals surface area contributed by atoms with Gasteiger partial charge in [-0.25, -0.2) is 0 Å². The Kier molecular flexibility index (Phi) is 4.58. The maximum absolute atomic E-state index is 11.1. The fourth-order valence-corrected chi connectivity index (χ4v) is 2.07. The maximum Gasteiger partial charge on any atom is 0.322 e. The standard InChI is InChI=1S/C9H10ClNO3S/c10-7-3-1-6(15-7)2-4-8(12)11-5-9(13)14/h1,3H,2,4-5H2,(H,11,12)(H,13,14). The lowest BCUT2D eigenvalue weighted by Gasteiger charge is -2.00. The molecule has 1 rings (SSSR count). The van der Waals surface area contributed by atoms with Crippen LogP contribution in [0, 0.1) is 0 Å². The highest BCUT2D eigenvalue weighted by Gasteiger charge is 2.05. The quantitative estimate of drug-likeness (QED) is 0.829. The van der Waals surface area contributed by atoms with Crippen molar-refractivity contribution in [3.63, 3.8) is 0 Å². The van der Waals surface area contributed by atoms with E-state index in [1.54, 1.807) is 6.07 Å². The number of carbonyl (C=O) groups excluding carboxylic acids is 1. The number of aryl methyl sites for hydroxylation is 1. The molecule has 0 fully saturated rings. The molecule has 0 aliphatic carbocycles. The van der Waals surface area contributed by atoms with Gasteiger partial charge in [0.15, 0.2) is 0 Å². The molecule has 82 valence electrons. The molecule has 0 atom stereocenters. The summed E-state index contributed by atoms with van der Waals surface area (Å²) in [5.74, 6) is -1.30. The van der Waals surface area contributed by atoms with Gasteiger partial charge in [-0.2, -0.15) is 0 Å². The number of thiophene rings is 1. The summed E-state index contributed by atoms with van der Waals surface area (Å²) in [6.45, 7) is -0.329. The minimum absolute atomic E-state index is 0.262. The van der Waals surface area contributed by atoms with E-state index in [0.29, 0.717) is 10.8 Å². The molecule has 0 aromatic carbocycles. The normalized spacial score (nSPS) is 9.93. The van der Waals surface area contributed by atoms with Crippen molar-refractivity contribution in [3.8, 4) is 0 Å². The number of carboxylic acids is 1. The number of aliphatic carboxylic acids is 1. The van der Waals surface area contributed by atoms with Crippen LogP contribution < -0.4 is 5.32 Å². The molecule has 0 saturated heterocycles. The van der Waals surface area contributed by atoms with Crippen LogP contribution in [0.2, 0.25) is 4.34 Å². The van der Waals surface area contributed by atoms with E-state index in [4.69, 9.17) is 16.7 Å². The van der Waals surface area contributed by atoms with Crippen molar-refractivity contribution >= 4 is 34.8 Å². The molecular formula is C9H10ClNO3S. The third-order valence-corrected chi connectivity index (χ3v) is 2.96. The Morgan fingerprint density at radius 3 is 2.73 bits per heavy atom. The van der Waals surface area contributed by atoms with Gasteiger partial charge in [0.25, 0.3) is 0 Å². The third-order valence-electron chi connectivity index (χ3n) is 1.66. The molecule has 1 aromatic heterocycles. The molecule has 0 spiro atoms. The lowest BCUT2D eigenvalue weighted by Crippen LogP contribution is -2.29. The first-order valence-electron chi connectivity index (χ1n) is 4.30. The zero-order valence-corrected chi connectivity index (χ0v) is 9.40. The molecule has 0 aliphatic heterocycles. The van der Waals surface area contributed by atoms with E-state index < -0.39 is 5.97 Å². The van der Waals surface area contributed by atoms with Crippen LogP contribution in [-0.4, -0.2) is 23.5 Å². The highest BCUT2D eigenvalue weighted by Crippen LogP contribution is 2.22. The summed E-state index contributed by atoms with van der Waals surface area (Å²) in [5, 5.41) is 10.6. The van der Waals surface area contributed by atoms with Gasteiger partial charge in [-0.3, -0.25) is 9.59 Å². The Morgan fingerprint density at radius 1 is 1.47 bits per heavy atom. The fourth-order valence-electron chi connectivity index (χ4n) is 0.985. The highest BCUT2D eigenvalue weighted by atomic mass is 35.5. The van der Waals surface area contributed by atoms with Crippen LogP contribution in [0.3, 0.4) is 0 Å². The summed E-state index contributed by atoms with van der Waals surface area (Å²) >= 11 is 7.14. The molecule has 0 aliphatic rings. The number of carbonyl (C=O) groups is 2. The highest BCUT2D eigenvalue weighted by molar-refractivity contribution is 7.16. The summed E-state index contributed by atoms with van der Waals surface area (Å²) in [5.41, 5.74) is 0. The Labute approximate surface area is 95.9 Å². The topological polar surface area (TPSA) is 66.4 Å². The van der Waals surface area contributed by atoms with E-state index in [9.17, 15) is 9.59 Å². The minimum atomic E-state index is -1.04. The molecule has 1 heterocycles. The number of nitrogens with one attached hydrogen (secondary N) is 1. The van der Waals surface area contributed by atoms with Crippen molar-refractivity contribution in [1.82, 2.24) is 5.32 Å². The Balaban J connectivity index is 2.25. The summed E-state index contributed by atoms with van der Waals surface area (Å²) < 4.78 is 0.691. The van der Waals surface area contributed by atoms with Gasteiger partial charge in [0.1, 0.15) is 6.54 Å². The number of carboxylic acid groups (broad SMARTS) is 1. The molecule has 6 heteroatoms. The second kappa shape index (κ2) is 5.72. The van der Waals surface area contributed by atoms with Crippen LogP contribution in [0.25, 0.3) is 0 Å². The zero-order chi connectivity index (χ0) is 11.3. The van der Waals surface area contributed by atoms with Gasteiger partial charge in [0.05, 0.1) is 4.34 Å². The first-order valence-corrected chi connectivity index (χ1v) is 5.50. The number of hydrogen-bond acceptors (Lipinski definition) is 3. The van der Waals surface area contributed by atoms with Gasteiger partial charge in [0.2, 0.25) is 5.91 Å². The van der Waals surface area contributed by atoms with Crippen molar-refractivity contribution in [2.75, 3.05) is 6.54 Å². The maximum atomic E-state index is 11.1. The lowest BCUT2D eigenvalue weighted by molar-refractivity contribution is -0.137. The molecule has 0 unspecified atom stereocenters. The monoisotopic (exact) mass is 247 g/mol. The Bertz CT molecular complexity index is 364. The van der Waals surface area contributed by atoms with Crippen LogP contribution in [-0.2, 0) is 16.0 Å². The molecule has 0 radical (unpaired) electrons. The predicted molar refractivity (Wildman–Crippen MR) is 58.3 cm³/mol. The van der Waals surface area contributed by atoms with Crippen LogP contribution in [0.15, 0.2) is 12.1 Å². The van der Waals surface area contributed by atoms with Crippen molar-refractivity contribution in [2.45, 2.75) is 12.8 Å². The van der Waals surface area contributed by atoms with Crippen LogP contribution >= 0.6 is 22.9 Å². The number of rotatable bonds is 5. The van der Waals surface area contributed by atoms with Crippen LogP contribution in [0.5, 0.6) is 0 Å². The molecule has 15 heavy (non-hydrogen) atoms. The Morgan fingerprint density at radius 2 is 2.20 bits per heavy atom. The molecule has 4 nitrogen and oxygen atoms in total. The predicted octanol–water partition coefficient (Wildman–Crippen LogP) is 1.53. The first-order chi connectivity index (χ1) is 7.08. The second-order valence-electron chi connectivity index (χ2n) is 2.88. The Hall–Kier alpha value is -1.07. The van der Waals surface area contributed by atoms with Gasteiger partial charge in [-0.1, -0.05) is 11.6 Å². The van der Waals surface area contributed by atoms with E-state index >= 15 is 0 Å². The summed E-state index contributed by atoms with van der Waals surface area (Å²) in [6, 6.07) is 3.63. The largest absolute Gasteiger partial charge is 0.480 e. The summed E-state index contributed by atoms with van der Waals surface area (Å²) in [4.78, 5) is 22.3. The van der Waals surface area contributed by atoms with Gasteiger partial charge < -0.3 is 10.4 Å². The van der Waals surface area contributed by atoms with E-state index in [0.717, 1.165) is 4.88 Å².